The molecule has 1 aromatic carbocycles. The Morgan fingerprint density at radius 1 is 1.20 bits per heavy atom. The average Bonchev–Trinajstić information content (AvgIpc) is 3.23. The number of halogens is 4. The normalized spacial score (nSPS) is 18.3. The van der Waals surface area contributed by atoms with Gasteiger partial charge < -0.3 is 4.74 Å². The maximum absolute atomic E-state index is 13.7. The first-order chi connectivity index (χ1) is 13.9. The summed E-state index contributed by atoms with van der Waals surface area (Å²) in [5, 5.41) is 0. The van der Waals surface area contributed by atoms with Crippen LogP contribution in [0.25, 0.3) is 0 Å². The lowest BCUT2D eigenvalue weighted by Gasteiger charge is -2.21. The molecule has 1 amide bonds. The molecule has 2 heterocycles. The van der Waals surface area contributed by atoms with Crippen molar-refractivity contribution in [2.24, 2.45) is 12.0 Å². The van der Waals surface area contributed by atoms with Crippen LogP contribution in [0.1, 0.15) is 55.2 Å². The van der Waals surface area contributed by atoms with Gasteiger partial charge >= 0.3 is 6.18 Å². The van der Waals surface area contributed by atoms with Gasteiger partial charge in [0, 0.05) is 36.4 Å². The fourth-order valence-electron chi connectivity index (χ4n) is 3.61. The third-order valence-corrected chi connectivity index (χ3v) is 5.10. The van der Waals surface area contributed by atoms with Crippen molar-refractivity contribution >= 4 is 5.91 Å². The highest BCUT2D eigenvalue weighted by atomic mass is 19.4. The number of benzene rings is 1. The summed E-state index contributed by atoms with van der Waals surface area (Å²) in [5.74, 6) is -2.08. The fourth-order valence-corrected chi connectivity index (χ4v) is 3.61. The van der Waals surface area contributed by atoms with Crippen LogP contribution in [0.3, 0.4) is 0 Å². The van der Waals surface area contributed by atoms with E-state index in [-0.39, 0.29) is 11.5 Å². The predicted molar refractivity (Wildman–Crippen MR) is 102 cm³/mol. The first-order valence-electron chi connectivity index (χ1n) is 9.72. The molecule has 1 aliphatic rings. The Bertz CT molecular complexity index is 1010. The van der Waals surface area contributed by atoms with Crippen LogP contribution in [0.4, 0.5) is 17.6 Å². The molecule has 0 spiro atoms. The number of hydrogen-bond acceptors (Lipinski definition) is 2. The molecular formula is C21H25F4N3O2. The summed E-state index contributed by atoms with van der Waals surface area (Å²) in [6.45, 7) is 7.14. The molecule has 164 valence electrons. The molecule has 1 aliphatic heterocycles. The zero-order chi connectivity index (χ0) is 22.3. The zero-order valence-corrected chi connectivity index (χ0v) is 17.4. The van der Waals surface area contributed by atoms with Crippen molar-refractivity contribution in [1.82, 2.24) is 9.36 Å². The van der Waals surface area contributed by atoms with Crippen molar-refractivity contribution in [3.8, 4) is 0 Å². The Morgan fingerprint density at radius 3 is 2.47 bits per heavy atom. The fraction of sp³-hybridized carbons (Fsp3) is 0.524. The molecule has 3 rings (SSSR count). The third kappa shape index (κ3) is 4.83. The lowest BCUT2D eigenvalue weighted by molar-refractivity contribution is -0.137. The number of alkyl halides is 3. The molecule has 0 unspecified atom stereocenters. The number of ether oxygens (including phenoxy) is 1. The molecule has 5 nitrogen and oxygen atoms in total. The Morgan fingerprint density at radius 2 is 1.90 bits per heavy atom. The second kappa shape index (κ2) is 8.02. The summed E-state index contributed by atoms with van der Waals surface area (Å²) in [6.07, 6.45) is -2.99. The highest BCUT2D eigenvalue weighted by Crippen LogP contribution is 2.30. The Balaban J connectivity index is 2.07. The minimum absolute atomic E-state index is 0.0357. The van der Waals surface area contributed by atoms with Gasteiger partial charge in [0.15, 0.2) is 5.49 Å². The molecule has 30 heavy (non-hydrogen) atoms. The van der Waals surface area contributed by atoms with Gasteiger partial charge in [-0.05, 0) is 31.0 Å². The first kappa shape index (κ1) is 22.3. The van der Waals surface area contributed by atoms with Gasteiger partial charge in [0.1, 0.15) is 5.82 Å². The number of nitrogens with zero attached hydrogens (tertiary/aromatic N) is 3. The average molecular weight is 427 g/mol. The smallest absolute Gasteiger partial charge is 0.376 e. The molecule has 2 aromatic rings. The molecule has 0 N–H and O–H groups in total. The maximum Gasteiger partial charge on any atom is 0.416 e. The van der Waals surface area contributed by atoms with Gasteiger partial charge in [-0.1, -0.05) is 20.8 Å². The SMILES string of the molecule is Cn1c(C(C)(C)C)c/c(=N\C(=O)c2cc(F)cc(C(F)(F)F)c2)n1C[C@H]1CCCO1. The van der Waals surface area contributed by atoms with Crippen LogP contribution >= 0.6 is 0 Å². The first-order valence-corrected chi connectivity index (χ1v) is 9.72. The van der Waals surface area contributed by atoms with Crippen molar-refractivity contribution in [1.29, 1.82) is 0 Å². The summed E-state index contributed by atoms with van der Waals surface area (Å²) in [4.78, 5) is 16.7. The minimum Gasteiger partial charge on any atom is -0.376 e. The Hall–Kier alpha value is -2.42. The van der Waals surface area contributed by atoms with E-state index in [1.807, 2.05) is 32.5 Å². The number of hydrogen-bond donors (Lipinski definition) is 0. The second-order valence-electron chi connectivity index (χ2n) is 8.52. The third-order valence-electron chi connectivity index (χ3n) is 5.10. The molecule has 1 saturated heterocycles. The van der Waals surface area contributed by atoms with Crippen LogP contribution in [0.2, 0.25) is 0 Å². The molecule has 0 aliphatic carbocycles. The molecule has 9 heteroatoms. The molecular weight excluding hydrogens is 402 g/mol. The highest BCUT2D eigenvalue weighted by molar-refractivity contribution is 5.95. The van der Waals surface area contributed by atoms with Crippen LogP contribution in [0.15, 0.2) is 29.3 Å². The van der Waals surface area contributed by atoms with Crippen molar-refractivity contribution in [2.45, 2.75) is 57.9 Å². The Kier molecular flexibility index (Phi) is 5.95. The van der Waals surface area contributed by atoms with Gasteiger partial charge in [0.25, 0.3) is 5.91 Å². The quantitative estimate of drug-likeness (QED) is 0.690. The Labute approximate surface area is 172 Å². The molecule has 1 aromatic heterocycles. The van der Waals surface area contributed by atoms with E-state index in [2.05, 4.69) is 4.99 Å². The number of carbonyl (C=O) groups excluding carboxylic acids is 1. The number of carbonyl (C=O) groups is 1. The maximum atomic E-state index is 13.7. The monoisotopic (exact) mass is 427 g/mol. The molecule has 1 atom stereocenters. The molecule has 0 bridgehead atoms. The minimum atomic E-state index is -4.76. The van der Waals surface area contributed by atoms with Gasteiger partial charge in [-0.15, -0.1) is 0 Å². The summed E-state index contributed by atoms with van der Waals surface area (Å²) in [6, 6.07) is 3.47. The lowest BCUT2D eigenvalue weighted by atomic mass is 9.92. The van der Waals surface area contributed by atoms with Gasteiger partial charge in [-0.2, -0.15) is 18.2 Å². The van der Waals surface area contributed by atoms with E-state index < -0.39 is 29.0 Å². The van der Waals surface area contributed by atoms with Crippen molar-refractivity contribution in [2.75, 3.05) is 6.61 Å². The largest absolute Gasteiger partial charge is 0.416 e. The summed E-state index contributed by atoms with van der Waals surface area (Å²) in [5.41, 5.74) is -0.751. The second-order valence-corrected chi connectivity index (χ2v) is 8.52. The zero-order valence-electron chi connectivity index (χ0n) is 17.4. The number of rotatable bonds is 3. The van der Waals surface area contributed by atoms with Crippen molar-refractivity contribution in [3.63, 3.8) is 0 Å². The van der Waals surface area contributed by atoms with Gasteiger partial charge in [-0.25, -0.2) is 4.39 Å². The van der Waals surface area contributed by atoms with Crippen molar-refractivity contribution < 1.29 is 27.1 Å². The van der Waals surface area contributed by atoms with E-state index in [1.165, 1.54) is 0 Å². The topological polar surface area (TPSA) is 48.5 Å². The van der Waals surface area contributed by atoms with Crippen LogP contribution in [0.5, 0.6) is 0 Å². The number of aromatic nitrogens is 2. The standard InChI is InChI=1S/C21H25F4N3O2/c1-20(2,3)17-11-18(28(27(17)4)12-16-6-5-7-30-16)26-19(29)13-8-14(21(23,24)25)10-15(22)9-13/h8-11,16H,5-7,12H2,1-4H3/b26-18+/t16-/m1/s1. The van der Waals surface area contributed by atoms with E-state index in [0.717, 1.165) is 24.6 Å². The van der Waals surface area contributed by atoms with Gasteiger partial charge in [-0.3, -0.25) is 14.2 Å². The summed E-state index contributed by atoms with van der Waals surface area (Å²) < 4.78 is 62.0. The van der Waals surface area contributed by atoms with E-state index in [1.54, 1.807) is 10.7 Å². The van der Waals surface area contributed by atoms with Crippen molar-refractivity contribution in [3.05, 3.63) is 52.4 Å². The van der Waals surface area contributed by atoms with Gasteiger partial charge in [0.05, 0.1) is 18.2 Å². The lowest BCUT2D eigenvalue weighted by Crippen LogP contribution is -2.30. The van der Waals surface area contributed by atoms with E-state index in [4.69, 9.17) is 4.74 Å². The predicted octanol–water partition coefficient (Wildman–Crippen LogP) is 4.20. The van der Waals surface area contributed by atoms with E-state index >= 15 is 0 Å². The molecule has 0 radical (unpaired) electrons. The summed E-state index contributed by atoms with van der Waals surface area (Å²) in [7, 11) is 1.84. The number of amides is 1. The van der Waals surface area contributed by atoms with Crippen LogP contribution in [0, 0.1) is 5.82 Å². The molecule has 1 fully saturated rings. The molecule has 0 saturated carbocycles. The highest BCUT2D eigenvalue weighted by Gasteiger charge is 2.32. The van der Waals surface area contributed by atoms with E-state index in [0.29, 0.717) is 30.8 Å². The van der Waals surface area contributed by atoms with Crippen LogP contribution in [-0.2, 0) is 29.9 Å². The van der Waals surface area contributed by atoms with Crippen LogP contribution in [-0.4, -0.2) is 28.0 Å². The summed E-state index contributed by atoms with van der Waals surface area (Å²) >= 11 is 0. The van der Waals surface area contributed by atoms with Crippen LogP contribution < -0.4 is 5.49 Å². The van der Waals surface area contributed by atoms with Gasteiger partial charge in [0.2, 0.25) is 0 Å². The van der Waals surface area contributed by atoms with E-state index in [9.17, 15) is 22.4 Å².